The van der Waals surface area contributed by atoms with Gasteiger partial charge in [0, 0.05) is 13.0 Å². The SMILES string of the molecule is CCOC(C(=O)CC(CC)CC)C(C)C. The molecule has 0 radical (unpaired) electrons. The molecule has 0 saturated heterocycles. The van der Waals surface area contributed by atoms with E-state index in [4.69, 9.17) is 4.74 Å². The molecule has 0 fully saturated rings. The summed E-state index contributed by atoms with van der Waals surface area (Å²) < 4.78 is 5.51. The number of carbonyl (C=O) groups is 1. The molecule has 0 N–H and O–H groups in total. The Kier molecular flexibility index (Phi) is 7.67. The molecule has 0 aliphatic rings. The maximum absolute atomic E-state index is 12.0. The molecule has 2 heteroatoms. The zero-order valence-corrected chi connectivity index (χ0v) is 10.9. The normalized spacial score (nSPS) is 13.5. The van der Waals surface area contributed by atoms with E-state index in [1.54, 1.807) is 0 Å². The Bertz CT molecular complexity index is 171. The van der Waals surface area contributed by atoms with Crippen molar-refractivity contribution < 1.29 is 9.53 Å². The highest BCUT2D eigenvalue weighted by atomic mass is 16.5. The van der Waals surface area contributed by atoms with Gasteiger partial charge in [-0.1, -0.05) is 40.5 Å². The van der Waals surface area contributed by atoms with Crippen LogP contribution in [0.25, 0.3) is 0 Å². The van der Waals surface area contributed by atoms with Gasteiger partial charge in [0.15, 0.2) is 5.78 Å². The Morgan fingerprint density at radius 3 is 2.00 bits per heavy atom. The summed E-state index contributed by atoms with van der Waals surface area (Å²) in [5.41, 5.74) is 0. The second-order valence-corrected chi connectivity index (χ2v) is 4.47. The van der Waals surface area contributed by atoms with Gasteiger partial charge in [0.2, 0.25) is 0 Å². The van der Waals surface area contributed by atoms with E-state index < -0.39 is 0 Å². The van der Waals surface area contributed by atoms with E-state index in [9.17, 15) is 4.79 Å². The Labute approximate surface area is 94.4 Å². The first-order valence-corrected chi connectivity index (χ1v) is 6.20. The lowest BCUT2D eigenvalue weighted by molar-refractivity contribution is -0.134. The number of Topliss-reactive ketones (excluding diaryl/α,β-unsaturated/α-hetero) is 1. The van der Waals surface area contributed by atoms with Crippen molar-refractivity contribution in [1.82, 2.24) is 0 Å². The Morgan fingerprint density at radius 1 is 1.13 bits per heavy atom. The molecule has 15 heavy (non-hydrogen) atoms. The van der Waals surface area contributed by atoms with Crippen LogP contribution in [0.3, 0.4) is 0 Å². The summed E-state index contributed by atoms with van der Waals surface area (Å²) in [7, 11) is 0. The summed E-state index contributed by atoms with van der Waals surface area (Å²) in [5.74, 6) is 1.09. The molecular weight excluding hydrogens is 188 g/mol. The van der Waals surface area contributed by atoms with Crippen molar-refractivity contribution >= 4 is 5.78 Å². The van der Waals surface area contributed by atoms with Gasteiger partial charge in [-0.3, -0.25) is 4.79 Å². The maximum Gasteiger partial charge on any atom is 0.162 e. The molecule has 0 bridgehead atoms. The van der Waals surface area contributed by atoms with Crippen molar-refractivity contribution in [3.63, 3.8) is 0 Å². The third-order valence-electron chi connectivity index (χ3n) is 2.91. The van der Waals surface area contributed by atoms with Crippen LogP contribution in [0.1, 0.15) is 53.9 Å². The Morgan fingerprint density at radius 2 is 1.67 bits per heavy atom. The van der Waals surface area contributed by atoms with Crippen molar-refractivity contribution in [3.8, 4) is 0 Å². The smallest absolute Gasteiger partial charge is 0.162 e. The quantitative estimate of drug-likeness (QED) is 0.618. The predicted octanol–water partition coefficient (Wildman–Crippen LogP) is 3.44. The molecule has 0 aliphatic carbocycles. The van der Waals surface area contributed by atoms with Crippen molar-refractivity contribution in [3.05, 3.63) is 0 Å². The lowest BCUT2D eigenvalue weighted by atomic mass is 9.91. The van der Waals surface area contributed by atoms with Gasteiger partial charge in [0.05, 0.1) is 0 Å². The minimum Gasteiger partial charge on any atom is -0.370 e. The number of ketones is 1. The van der Waals surface area contributed by atoms with Crippen molar-refractivity contribution in [1.29, 1.82) is 0 Å². The third kappa shape index (κ3) is 5.31. The summed E-state index contributed by atoms with van der Waals surface area (Å²) in [6, 6.07) is 0. The molecule has 2 nitrogen and oxygen atoms in total. The first-order valence-electron chi connectivity index (χ1n) is 6.20. The molecule has 0 rings (SSSR count). The average Bonchev–Trinajstić information content (AvgIpc) is 2.21. The van der Waals surface area contributed by atoms with Gasteiger partial charge in [-0.2, -0.15) is 0 Å². The Balaban J connectivity index is 4.24. The molecule has 0 aromatic rings. The molecule has 0 saturated carbocycles. The van der Waals surface area contributed by atoms with Gasteiger partial charge >= 0.3 is 0 Å². The molecule has 1 atom stereocenters. The monoisotopic (exact) mass is 214 g/mol. The second-order valence-electron chi connectivity index (χ2n) is 4.47. The van der Waals surface area contributed by atoms with E-state index in [-0.39, 0.29) is 17.8 Å². The first-order chi connectivity index (χ1) is 7.06. The van der Waals surface area contributed by atoms with E-state index in [1.165, 1.54) is 0 Å². The van der Waals surface area contributed by atoms with Crippen LogP contribution in [-0.4, -0.2) is 18.5 Å². The summed E-state index contributed by atoms with van der Waals surface area (Å²) in [5, 5.41) is 0. The van der Waals surface area contributed by atoms with Gasteiger partial charge < -0.3 is 4.74 Å². The van der Waals surface area contributed by atoms with Gasteiger partial charge in [-0.15, -0.1) is 0 Å². The van der Waals surface area contributed by atoms with Crippen LogP contribution in [-0.2, 0) is 9.53 Å². The van der Waals surface area contributed by atoms with E-state index in [1.807, 2.05) is 20.8 Å². The number of rotatable bonds is 8. The summed E-state index contributed by atoms with van der Waals surface area (Å²) in [6.07, 6.45) is 2.64. The van der Waals surface area contributed by atoms with Crippen LogP contribution >= 0.6 is 0 Å². The highest BCUT2D eigenvalue weighted by Gasteiger charge is 2.23. The molecule has 0 heterocycles. The topological polar surface area (TPSA) is 26.3 Å². The second kappa shape index (κ2) is 7.86. The average molecular weight is 214 g/mol. The zero-order valence-electron chi connectivity index (χ0n) is 10.9. The molecule has 0 aromatic heterocycles. The number of carbonyl (C=O) groups excluding carboxylic acids is 1. The molecule has 0 aromatic carbocycles. The lowest BCUT2D eigenvalue weighted by Crippen LogP contribution is -2.31. The number of hydrogen-bond acceptors (Lipinski definition) is 2. The fourth-order valence-electron chi connectivity index (χ4n) is 1.81. The summed E-state index contributed by atoms with van der Waals surface area (Å²) >= 11 is 0. The van der Waals surface area contributed by atoms with Gasteiger partial charge in [0.1, 0.15) is 6.10 Å². The van der Waals surface area contributed by atoms with E-state index in [0.29, 0.717) is 18.9 Å². The number of hydrogen-bond donors (Lipinski definition) is 0. The van der Waals surface area contributed by atoms with E-state index in [0.717, 1.165) is 12.8 Å². The van der Waals surface area contributed by atoms with Gasteiger partial charge in [-0.05, 0) is 18.8 Å². The lowest BCUT2D eigenvalue weighted by Gasteiger charge is -2.21. The minimum atomic E-state index is -0.199. The van der Waals surface area contributed by atoms with Crippen LogP contribution < -0.4 is 0 Å². The van der Waals surface area contributed by atoms with Crippen molar-refractivity contribution in [2.75, 3.05) is 6.61 Å². The van der Waals surface area contributed by atoms with E-state index in [2.05, 4.69) is 13.8 Å². The van der Waals surface area contributed by atoms with Crippen LogP contribution in [0, 0.1) is 11.8 Å². The largest absolute Gasteiger partial charge is 0.370 e. The van der Waals surface area contributed by atoms with Gasteiger partial charge in [0.25, 0.3) is 0 Å². The number of ether oxygens (including phenoxy) is 1. The first kappa shape index (κ1) is 14.6. The summed E-state index contributed by atoms with van der Waals surface area (Å²) in [6.45, 7) is 11.0. The molecule has 0 spiro atoms. The van der Waals surface area contributed by atoms with Crippen LogP contribution in [0.2, 0.25) is 0 Å². The highest BCUT2D eigenvalue weighted by Crippen LogP contribution is 2.18. The standard InChI is InChI=1S/C13H26O2/c1-6-11(7-2)9-12(14)13(10(4)5)15-8-3/h10-11,13H,6-9H2,1-5H3. The minimum absolute atomic E-state index is 0.199. The molecule has 0 amide bonds. The fourth-order valence-corrected chi connectivity index (χ4v) is 1.81. The Hall–Kier alpha value is -0.370. The van der Waals surface area contributed by atoms with Crippen LogP contribution in [0.5, 0.6) is 0 Å². The van der Waals surface area contributed by atoms with Crippen LogP contribution in [0.15, 0.2) is 0 Å². The fraction of sp³-hybridized carbons (Fsp3) is 0.923. The van der Waals surface area contributed by atoms with Crippen molar-refractivity contribution in [2.45, 2.75) is 60.0 Å². The molecule has 90 valence electrons. The van der Waals surface area contributed by atoms with Gasteiger partial charge in [-0.25, -0.2) is 0 Å². The highest BCUT2D eigenvalue weighted by molar-refractivity contribution is 5.83. The predicted molar refractivity (Wildman–Crippen MR) is 63.9 cm³/mol. The molecule has 1 unspecified atom stereocenters. The molecular formula is C13H26O2. The molecule has 0 aliphatic heterocycles. The zero-order chi connectivity index (χ0) is 11.8. The third-order valence-corrected chi connectivity index (χ3v) is 2.91. The summed E-state index contributed by atoms with van der Waals surface area (Å²) in [4.78, 5) is 12.0. The maximum atomic E-state index is 12.0. The van der Waals surface area contributed by atoms with E-state index >= 15 is 0 Å². The van der Waals surface area contributed by atoms with Crippen LogP contribution in [0.4, 0.5) is 0 Å². The van der Waals surface area contributed by atoms with Crippen molar-refractivity contribution in [2.24, 2.45) is 11.8 Å².